The lowest BCUT2D eigenvalue weighted by Crippen LogP contribution is -2.55. The SMILES string of the molecule is C[C@@H]1NC(=O)[C@@H](N(C)C(=O)[C@H](CCCC[NH3+])NC(=O)CCNC(=O)c2ccc(-c3ccc(CC4CCCCC4)cc3)cc2)c2ccc(O)c(c2)-c2cc(ccc2O)C[C@@H](C(=O)O)NC1=O.O=C([O-])C(F)(F)F. The van der Waals surface area contributed by atoms with Gasteiger partial charge in [-0.05, 0) is 103 Å². The van der Waals surface area contributed by atoms with Gasteiger partial charge in [0.05, 0.1) is 6.54 Å². The van der Waals surface area contributed by atoms with Crippen molar-refractivity contribution in [3.05, 3.63) is 107 Å². The molecule has 20 heteroatoms. The summed E-state index contributed by atoms with van der Waals surface area (Å²) in [5, 5.41) is 51.2. The number of unbranched alkanes of at least 4 members (excludes halogenated alkanes) is 1. The van der Waals surface area contributed by atoms with E-state index < -0.39 is 65.9 Å². The van der Waals surface area contributed by atoms with Crippen molar-refractivity contribution >= 4 is 41.5 Å². The number of carbonyl (C=O) groups is 7. The molecule has 6 rings (SSSR count). The van der Waals surface area contributed by atoms with E-state index in [1.165, 1.54) is 88.0 Å². The van der Waals surface area contributed by atoms with Gasteiger partial charge >= 0.3 is 12.1 Å². The number of amides is 5. The predicted octanol–water partition coefficient (Wildman–Crippen LogP) is 3.70. The number of halogens is 3. The molecule has 17 nitrogen and oxygen atoms in total. The number of carboxylic acid groups (broad SMARTS) is 2. The number of fused-ring (bicyclic) bond motifs is 5. The maximum absolute atomic E-state index is 14.4. The Balaban J connectivity index is 0.00000128. The minimum Gasteiger partial charge on any atom is -0.542 e. The van der Waals surface area contributed by atoms with Crippen molar-refractivity contribution in [2.45, 2.75) is 108 Å². The van der Waals surface area contributed by atoms with Crippen LogP contribution in [0.5, 0.6) is 11.5 Å². The standard InChI is InChI=1S/C50H60N6O9.C2HF3O2/c1-30-46(60)55-41(50(64)65)28-33-13-21-42(57)38(27-33)39-29-37(20-22-43(39)58)45(48(62)53-30)56(2)49(63)40(10-6-7-24-51)54-44(59)23-25-52-47(61)36-18-16-35(17-19-36)34-14-11-32(12-15-34)26-31-8-4-3-5-9-31;3-2(4,5)1(6)7/h11-22,27,29-31,40-41,45,57-58H,3-10,23-26,28,51H2,1-2H3,(H,52,61)(H,53,62)(H,54,59)(H,55,60)(H,64,65);(H,6,7)/t30-,40-,41-,45-;/m0./s1. The number of carbonyl (C=O) groups excluding carboxylic acids is 6. The van der Waals surface area contributed by atoms with Crippen LogP contribution >= 0.6 is 0 Å². The topological polar surface area (TPSA) is 282 Å². The molecule has 1 saturated carbocycles. The molecule has 1 heterocycles. The summed E-state index contributed by atoms with van der Waals surface area (Å²) in [4.78, 5) is 90.5. The van der Waals surface area contributed by atoms with Crippen LogP contribution < -0.4 is 32.1 Å². The second-order valence-electron chi connectivity index (χ2n) is 18.1. The molecule has 10 N–H and O–H groups in total. The molecule has 4 atom stereocenters. The van der Waals surface area contributed by atoms with Crippen molar-refractivity contribution in [1.82, 2.24) is 26.2 Å². The summed E-state index contributed by atoms with van der Waals surface area (Å²) in [5.41, 5.74) is 8.58. The zero-order valence-corrected chi connectivity index (χ0v) is 40.1. The van der Waals surface area contributed by atoms with E-state index in [0.29, 0.717) is 30.5 Å². The van der Waals surface area contributed by atoms with Crippen LogP contribution in [-0.2, 0) is 41.6 Å². The third kappa shape index (κ3) is 15.5. The molecular formula is C52H61F3N6O11. The van der Waals surface area contributed by atoms with Crippen LogP contribution in [0.4, 0.5) is 13.2 Å². The molecule has 0 spiro atoms. The van der Waals surface area contributed by atoms with E-state index in [4.69, 9.17) is 9.90 Å². The summed E-state index contributed by atoms with van der Waals surface area (Å²) in [6, 6.07) is 19.2. The van der Waals surface area contributed by atoms with Gasteiger partial charge in [-0.3, -0.25) is 24.0 Å². The fourth-order valence-corrected chi connectivity index (χ4v) is 8.69. The largest absolute Gasteiger partial charge is 0.542 e. The van der Waals surface area contributed by atoms with Crippen molar-refractivity contribution in [3.63, 3.8) is 0 Å². The van der Waals surface area contributed by atoms with Gasteiger partial charge in [0.15, 0.2) is 0 Å². The highest BCUT2D eigenvalue weighted by molar-refractivity contribution is 5.97. The number of nitrogens with zero attached hydrogens (tertiary/aromatic N) is 1. The fourth-order valence-electron chi connectivity index (χ4n) is 8.69. The van der Waals surface area contributed by atoms with E-state index in [0.717, 1.165) is 28.4 Å². The number of aliphatic carboxylic acids is 2. The number of likely N-dealkylation sites (N-methyl/N-ethyl adjacent to an activating group) is 1. The molecular weight excluding hydrogens is 942 g/mol. The molecule has 72 heavy (non-hydrogen) atoms. The number of phenols is 2. The van der Waals surface area contributed by atoms with Crippen molar-refractivity contribution in [3.8, 4) is 33.8 Å². The average Bonchev–Trinajstić information content (AvgIpc) is 3.34. The molecule has 0 unspecified atom stereocenters. The summed E-state index contributed by atoms with van der Waals surface area (Å²) in [7, 11) is 1.38. The summed E-state index contributed by atoms with van der Waals surface area (Å²) in [5.74, 6) is -7.16. The molecule has 0 saturated heterocycles. The predicted molar refractivity (Wildman–Crippen MR) is 255 cm³/mol. The van der Waals surface area contributed by atoms with Crippen LogP contribution in [0.3, 0.4) is 0 Å². The smallest absolute Gasteiger partial charge is 0.430 e. The zero-order valence-electron chi connectivity index (χ0n) is 40.1. The van der Waals surface area contributed by atoms with Crippen LogP contribution in [0, 0.1) is 5.92 Å². The summed E-state index contributed by atoms with van der Waals surface area (Å²) in [6.07, 6.45) is 3.56. The molecule has 1 aliphatic carbocycles. The van der Waals surface area contributed by atoms with E-state index in [1.807, 2.05) is 12.1 Å². The highest BCUT2D eigenvalue weighted by Gasteiger charge is 2.36. The van der Waals surface area contributed by atoms with E-state index in [-0.39, 0.29) is 59.9 Å². The Labute approximate surface area is 414 Å². The first kappa shape index (κ1) is 55.4. The van der Waals surface area contributed by atoms with Crippen molar-refractivity contribution in [1.29, 1.82) is 0 Å². The molecule has 5 amide bonds. The van der Waals surface area contributed by atoms with E-state index in [1.54, 1.807) is 12.1 Å². The van der Waals surface area contributed by atoms with Crippen LogP contribution in [0.15, 0.2) is 84.9 Å². The number of nitrogens with one attached hydrogen (secondary N) is 4. The third-order valence-corrected chi connectivity index (χ3v) is 12.7. The Morgan fingerprint density at radius 1 is 0.833 bits per heavy atom. The lowest BCUT2D eigenvalue weighted by Gasteiger charge is -2.32. The first-order valence-electron chi connectivity index (χ1n) is 23.8. The maximum Gasteiger partial charge on any atom is 0.430 e. The quantitative estimate of drug-likeness (QED) is 0.0795. The second-order valence-corrected chi connectivity index (χ2v) is 18.1. The molecule has 1 aliphatic heterocycles. The van der Waals surface area contributed by atoms with E-state index in [9.17, 15) is 57.3 Å². The molecule has 2 aliphatic rings. The van der Waals surface area contributed by atoms with Gasteiger partial charge in [0.25, 0.3) is 5.91 Å². The summed E-state index contributed by atoms with van der Waals surface area (Å²) >= 11 is 0. The lowest BCUT2D eigenvalue weighted by molar-refractivity contribution is -0.368. The van der Waals surface area contributed by atoms with Gasteiger partial charge < -0.3 is 57.1 Å². The number of aromatic hydroxyl groups is 2. The number of hydrogen-bond acceptors (Lipinski definition) is 10. The molecule has 4 bridgehead atoms. The average molecular weight is 1000 g/mol. The van der Waals surface area contributed by atoms with Gasteiger partial charge in [-0.1, -0.05) is 80.6 Å². The summed E-state index contributed by atoms with van der Waals surface area (Å²) < 4.78 is 31.5. The van der Waals surface area contributed by atoms with Crippen LogP contribution in [-0.4, -0.2) is 106 Å². The Morgan fingerprint density at radius 3 is 2.03 bits per heavy atom. The van der Waals surface area contributed by atoms with E-state index >= 15 is 0 Å². The first-order valence-corrected chi connectivity index (χ1v) is 23.8. The number of phenolic OH excluding ortho intramolecular Hbond substituents is 2. The maximum atomic E-state index is 14.4. The molecule has 4 aromatic rings. The van der Waals surface area contributed by atoms with Gasteiger partial charge in [-0.25, -0.2) is 4.79 Å². The number of quaternary nitrogens is 1. The normalized spacial score (nSPS) is 17.6. The fraction of sp³-hybridized carbons (Fsp3) is 0.404. The van der Waals surface area contributed by atoms with Crippen LogP contribution in [0.2, 0.25) is 0 Å². The van der Waals surface area contributed by atoms with Crippen molar-refractivity contribution in [2.75, 3.05) is 20.1 Å². The van der Waals surface area contributed by atoms with Crippen LogP contribution in [0.1, 0.15) is 97.8 Å². The number of hydrogen-bond donors (Lipinski definition) is 8. The van der Waals surface area contributed by atoms with Crippen LogP contribution in [0.25, 0.3) is 22.3 Å². The van der Waals surface area contributed by atoms with Gasteiger partial charge in [0.2, 0.25) is 23.6 Å². The minimum absolute atomic E-state index is 0.0114. The second kappa shape index (κ2) is 25.6. The number of benzene rings is 4. The number of rotatable bonds is 15. The Morgan fingerprint density at radius 2 is 1.43 bits per heavy atom. The Hall–Kier alpha value is -7.48. The molecule has 1 fully saturated rings. The number of carboxylic acids is 2. The molecule has 4 aromatic carbocycles. The van der Waals surface area contributed by atoms with Gasteiger partial charge in [-0.15, -0.1) is 0 Å². The van der Waals surface area contributed by atoms with Crippen molar-refractivity contribution in [2.24, 2.45) is 5.92 Å². The van der Waals surface area contributed by atoms with Gasteiger partial charge in [0, 0.05) is 43.1 Å². The first-order chi connectivity index (χ1) is 34.2. The van der Waals surface area contributed by atoms with E-state index in [2.05, 4.69) is 51.3 Å². The highest BCUT2D eigenvalue weighted by atomic mass is 19.4. The van der Waals surface area contributed by atoms with Gasteiger partial charge in [-0.2, -0.15) is 13.2 Å². The minimum atomic E-state index is -5.19. The zero-order chi connectivity index (χ0) is 52.7. The van der Waals surface area contributed by atoms with Gasteiger partial charge in [0.1, 0.15) is 41.6 Å². The third-order valence-electron chi connectivity index (χ3n) is 12.7. The highest BCUT2D eigenvalue weighted by Crippen LogP contribution is 2.39. The molecule has 0 radical (unpaired) electrons. The Bertz CT molecular complexity index is 2570. The Kier molecular flexibility index (Phi) is 19.7. The monoisotopic (exact) mass is 1000 g/mol. The van der Waals surface area contributed by atoms with Crippen molar-refractivity contribution < 1.29 is 72.9 Å². The molecule has 386 valence electrons. The lowest BCUT2D eigenvalue weighted by atomic mass is 9.84. The summed E-state index contributed by atoms with van der Waals surface area (Å²) in [6.45, 7) is 1.95. The molecule has 0 aromatic heterocycles. The number of alkyl halides is 3.